The Morgan fingerprint density at radius 3 is 2.73 bits per heavy atom. The molecule has 0 bridgehead atoms. The largest absolute Gasteiger partial charge is 0.385 e. The molecule has 1 heterocycles. The number of nitrogens with two attached hydrogens (primary N) is 1. The lowest BCUT2D eigenvalue weighted by atomic mass is 9.98. The van der Waals surface area contributed by atoms with Crippen molar-refractivity contribution in [3.8, 4) is 0 Å². The van der Waals surface area contributed by atoms with Gasteiger partial charge < -0.3 is 15.0 Å². The first-order valence-corrected chi connectivity index (χ1v) is 8.12. The molecule has 1 aromatic rings. The third-order valence-electron chi connectivity index (χ3n) is 3.89. The highest BCUT2D eigenvalue weighted by Gasteiger charge is 2.09. The first-order chi connectivity index (χ1) is 10.7. The van der Waals surface area contributed by atoms with Crippen LogP contribution in [-0.2, 0) is 17.8 Å². The Hall–Kier alpha value is -1.58. The number of nitrogens with zero attached hydrogens (tertiary/aromatic N) is 1. The average molecular weight is 300 g/mol. The first kappa shape index (κ1) is 16.8. The molecule has 0 unspecified atom stereocenters. The SMILES string of the molecule is COCCCn1cc(CN)c2/c1=C/C=C/C=C\C=2CC(C)C. The van der Waals surface area contributed by atoms with E-state index in [4.69, 9.17) is 10.5 Å². The van der Waals surface area contributed by atoms with Crippen molar-refractivity contribution >= 4 is 11.6 Å². The molecule has 22 heavy (non-hydrogen) atoms. The summed E-state index contributed by atoms with van der Waals surface area (Å²) in [6.45, 7) is 6.84. The van der Waals surface area contributed by atoms with Crippen LogP contribution in [0, 0.1) is 5.92 Å². The normalized spacial score (nSPS) is 20.9. The van der Waals surface area contributed by atoms with Gasteiger partial charge in [-0.2, -0.15) is 0 Å². The first-order valence-electron chi connectivity index (χ1n) is 8.12. The van der Waals surface area contributed by atoms with E-state index in [0.717, 1.165) is 26.0 Å². The Labute approximate surface area is 133 Å². The number of aryl methyl sites for hydroxylation is 1. The zero-order chi connectivity index (χ0) is 15.9. The fraction of sp³-hybridized carbons (Fsp3) is 0.474. The third-order valence-corrected chi connectivity index (χ3v) is 3.89. The van der Waals surface area contributed by atoms with Gasteiger partial charge in [-0.1, -0.05) is 38.2 Å². The molecule has 0 saturated heterocycles. The predicted octanol–water partition coefficient (Wildman–Crippen LogP) is 2.09. The molecule has 0 radical (unpaired) electrons. The Kier molecular flexibility index (Phi) is 6.22. The Balaban J connectivity index is 2.59. The van der Waals surface area contributed by atoms with Crippen LogP contribution in [0.25, 0.3) is 11.6 Å². The molecule has 1 aromatic heterocycles. The van der Waals surface area contributed by atoms with Gasteiger partial charge in [0, 0.05) is 43.6 Å². The number of rotatable bonds is 7. The number of aromatic nitrogens is 1. The van der Waals surface area contributed by atoms with Gasteiger partial charge in [0.05, 0.1) is 0 Å². The van der Waals surface area contributed by atoms with E-state index in [1.807, 2.05) is 0 Å². The summed E-state index contributed by atoms with van der Waals surface area (Å²) in [7, 11) is 1.75. The highest BCUT2D eigenvalue weighted by molar-refractivity contribution is 5.61. The molecule has 0 saturated carbocycles. The van der Waals surface area contributed by atoms with Gasteiger partial charge in [-0.3, -0.25) is 0 Å². The molecule has 1 aliphatic carbocycles. The predicted molar refractivity (Wildman–Crippen MR) is 93.7 cm³/mol. The van der Waals surface area contributed by atoms with Crippen molar-refractivity contribution in [3.63, 3.8) is 0 Å². The summed E-state index contributed by atoms with van der Waals surface area (Å²) in [5.74, 6) is 0.623. The van der Waals surface area contributed by atoms with Crippen molar-refractivity contribution in [2.24, 2.45) is 11.7 Å². The monoisotopic (exact) mass is 300 g/mol. The van der Waals surface area contributed by atoms with Gasteiger partial charge in [0.15, 0.2) is 0 Å². The summed E-state index contributed by atoms with van der Waals surface area (Å²) < 4.78 is 7.50. The maximum atomic E-state index is 6.02. The van der Waals surface area contributed by atoms with Crippen molar-refractivity contribution < 1.29 is 4.74 Å². The number of methoxy groups -OCH3 is 1. The molecule has 2 N–H and O–H groups in total. The summed E-state index contributed by atoms with van der Waals surface area (Å²) in [5.41, 5.74) is 8.64. The molecule has 120 valence electrons. The van der Waals surface area contributed by atoms with E-state index in [-0.39, 0.29) is 0 Å². The van der Waals surface area contributed by atoms with Gasteiger partial charge in [-0.25, -0.2) is 0 Å². The summed E-state index contributed by atoms with van der Waals surface area (Å²) in [6.07, 6.45) is 15.1. The molecule has 0 aromatic carbocycles. The second-order valence-electron chi connectivity index (χ2n) is 6.19. The van der Waals surface area contributed by atoms with Gasteiger partial charge in [0.1, 0.15) is 0 Å². The van der Waals surface area contributed by atoms with Crippen LogP contribution in [-0.4, -0.2) is 18.3 Å². The molecule has 0 amide bonds. The molecule has 3 heteroatoms. The van der Waals surface area contributed by atoms with E-state index in [1.54, 1.807) is 7.11 Å². The van der Waals surface area contributed by atoms with Gasteiger partial charge in [0.25, 0.3) is 0 Å². The lowest BCUT2D eigenvalue weighted by Gasteiger charge is -2.08. The van der Waals surface area contributed by atoms with Crippen LogP contribution in [0.3, 0.4) is 0 Å². The Morgan fingerprint density at radius 2 is 2.05 bits per heavy atom. The molecule has 1 aliphatic rings. The molecular formula is C19H28N2O. The van der Waals surface area contributed by atoms with Crippen LogP contribution in [0.1, 0.15) is 32.3 Å². The highest BCUT2D eigenvalue weighted by atomic mass is 16.5. The van der Waals surface area contributed by atoms with E-state index in [0.29, 0.717) is 12.5 Å². The van der Waals surface area contributed by atoms with E-state index in [9.17, 15) is 0 Å². The summed E-state index contributed by atoms with van der Waals surface area (Å²) in [4.78, 5) is 0. The summed E-state index contributed by atoms with van der Waals surface area (Å²) in [6, 6.07) is 0. The van der Waals surface area contributed by atoms with Crippen molar-refractivity contribution in [1.29, 1.82) is 0 Å². The van der Waals surface area contributed by atoms with Crippen LogP contribution in [0.15, 0.2) is 30.5 Å². The lowest BCUT2D eigenvalue weighted by Crippen LogP contribution is -2.33. The van der Waals surface area contributed by atoms with Crippen LogP contribution >= 0.6 is 0 Å². The van der Waals surface area contributed by atoms with Crippen LogP contribution in [0.4, 0.5) is 0 Å². The standard InChI is InChI=1S/C19H28N2O/c1-15(2)12-16-8-5-4-6-9-18-19(16)17(13-20)14-21(18)10-7-11-22-3/h4-6,8-9,14-15H,7,10-13,20H2,1-3H3/b5-4?,6-4+,8-5-,9-6?,16-8?,18-9-,19-16+. The van der Waals surface area contributed by atoms with Crippen LogP contribution in [0.5, 0.6) is 0 Å². The third kappa shape index (κ3) is 3.99. The van der Waals surface area contributed by atoms with E-state index in [1.165, 1.54) is 21.7 Å². The van der Waals surface area contributed by atoms with Crippen molar-refractivity contribution in [3.05, 3.63) is 46.6 Å². The molecule has 0 fully saturated rings. The van der Waals surface area contributed by atoms with Crippen LogP contribution in [0.2, 0.25) is 0 Å². The van der Waals surface area contributed by atoms with E-state index >= 15 is 0 Å². The molecule has 0 spiro atoms. The summed E-state index contributed by atoms with van der Waals surface area (Å²) in [5, 5.41) is 2.60. The minimum absolute atomic E-state index is 0.576. The smallest absolute Gasteiger partial charge is 0.0486 e. The zero-order valence-corrected chi connectivity index (χ0v) is 14.0. The number of hydrogen-bond donors (Lipinski definition) is 1. The number of ether oxygens (including phenoxy) is 1. The molecule has 0 atom stereocenters. The fourth-order valence-corrected chi connectivity index (χ4v) is 2.97. The van der Waals surface area contributed by atoms with Crippen molar-refractivity contribution in [1.82, 2.24) is 4.57 Å². The van der Waals surface area contributed by atoms with E-state index in [2.05, 4.69) is 55.0 Å². The highest BCUT2D eigenvalue weighted by Crippen LogP contribution is 2.13. The maximum Gasteiger partial charge on any atom is 0.0486 e. The quantitative estimate of drug-likeness (QED) is 0.783. The van der Waals surface area contributed by atoms with Gasteiger partial charge >= 0.3 is 0 Å². The average Bonchev–Trinajstić information content (AvgIpc) is 2.80. The molecule has 0 aliphatic heterocycles. The number of fused-ring (bicyclic) bond motifs is 1. The zero-order valence-electron chi connectivity index (χ0n) is 14.0. The second-order valence-corrected chi connectivity index (χ2v) is 6.19. The number of hydrogen-bond acceptors (Lipinski definition) is 2. The minimum atomic E-state index is 0.576. The van der Waals surface area contributed by atoms with Crippen molar-refractivity contribution in [2.45, 2.75) is 39.8 Å². The Morgan fingerprint density at radius 1 is 1.23 bits per heavy atom. The van der Waals surface area contributed by atoms with Crippen molar-refractivity contribution in [2.75, 3.05) is 13.7 Å². The van der Waals surface area contributed by atoms with E-state index < -0.39 is 0 Å². The minimum Gasteiger partial charge on any atom is -0.385 e. The number of allylic oxidation sites excluding steroid dienone is 4. The van der Waals surface area contributed by atoms with Gasteiger partial charge in [-0.15, -0.1) is 0 Å². The van der Waals surface area contributed by atoms with Crippen LogP contribution < -0.4 is 16.3 Å². The molecule has 2 rings (SSSR count). The molecule has 3 nitrogen and oxygen atoms in total. The topological polar surface area (TPSA) is 40.2 Å². The lowest BCUT2D eigenvalue weighted by molar-refractivity contribution is 0.190. The summed E-state index contributed by atoms with van der Waals surface area (Å²) >= 11 is 0. The van der Waals surface area contributed by atoms with Gasteiger partial charge in [-0.05, 0) is 36.0 Å². The Bertz CT molecular complexity index is 662. The maximum absolute atomic E-state index is 6.02. The molecular weight excluding hydrogens is 272 g/mol. The fourth-order valence-electron chi connectivity index (χ4n) is 2.97. The second kappa shape index (κ2) is 8.16. The van der Waals surface area contributed by atoms with Gasteiger partial charge in [0.2, 0.25) is 0 Å².